The van der Waals surface area contributed by atoms with E-state index in [0.29, 0.717) is 11.5 Å². The molecule has 0 aromatic heterocycles. The fourth-order valence-electron chi connectivity index (χ4n) is 3.90. The number of morpholine rings is 1. The highest BCUT2D eigenvalue weighted by molar-refractivity contribution is 5.27. The molecule has 3 rings (SSSR count). The summed E-state index contributed by atoms with van der Waals surface area (Å²) in [5, 5.41) is 3.53. The van der Waals surface area contributed by atoms with Crippen LogP contribution in [0.3, 0.4) is 0 Å². The quantitative estimate of drug-likeness (QED) is 0.921. The Balaban J connectivity index is 1.82. The molecule has 3 heteroatoms. The van der Waals surface area contributed by atoms with Crippen LogP contribution < -0.4 is 5.32 Å². The summed E-state index contributed by atoms with van der Waals surface area (Å²) in [6.45, 7) is 8.61. The Morgan fingerprint density at radius 3 is 2.71 bits per heavy atom. The summed E-state index contributed by atoms with van der Waals surface area (Å²) in [6, 6.07) is 11.8. The van der Waals surface area contributed by atoms with Crippen molar-refractivity contribution in [2.24, 2.45) is 0 Å². The van der Waals surface area contributed by atoms with Crippen molar-refractivity contribution in [1.82, 2.24) is 10.2 Å². The number of nitrogens with zero attached hydrogens (tertiary/aromatic N) is 1. The van der Waals surface area contributed by atoms with Crippen molar-refractivity contribution in [3.8, 4) is 0 Å². The largest absolute Gasteiger partial charge is 0.378 e. The van der Waals surface area contributed by atoms with Crippen molar-refractivity contribution < 1.29 is 4.74 Å². The third kappa shape index (κ3) is 3.31. The Morgan fingerprint density at radius 2 is 2.00 bits per heavy atom. The molecule has 2 aliphatic rings. The number of ether oxygens (including phenoxy) is 1. The Morgan fingerprint density at radius 1 is 1.24 bits per heavy atom. The van der Waals surface area contributed by atoms with Gasteiger partial charge >= 0.3 is 0 Å². The van der Waals surface area contributed by atoms with E-state index in [-0.39, 0.29) is 0 Å². The Kier molecular flexibility index (Phi) is 4.94. The second kappa shape index (κ2) is 6.91. The first-order chi connectivity index (χ1) is 10.3. The molecular weight excluding hydrogens is 260 g/mol. The predicted octanol–water partition coefficient (Wildman–Crippen LogP) is 2.42. The minimum Gasteiger partial charge on any atom is -0.378 e. The van der Waals surface area contributed by atoms with Crippen LogP contribution in [0.1, 0.15) is 31.7 Å². The highest BCUT2D eigenvalue weighted by atomic mass is 16.5. The second-order valence-electron chi connectivity index (χ2n) is 6.50. The number of nitrogens with one attached hydrogen (secondary N) is 1. The third-order valence-corrected chi connectivity index (χ3v) is 5.27. The maximum absolute atomic E-state index is 5.68. The average Bonchev–Trinajstić information content (AvgIpc) is 2.57. The monoisotopic (exact) mass is 288 g/mol. The van der Waals surface area contributed by atoms with Gasteiger partial charge in [0.1, 0.15) is 0 Å². The molecule has 0 bridgehead atoms. The van der Waals surface area contributed by atoms with E-state index in [2.05, 4.69) is 47.5 Å². The molecule has 0 amide bonds. The number of hydrogen-bond donors (Lipinski definition) is 1. The molecule has 1 unspecified atom stereocenters. The van der Waals surface area contributed by atoms with E-state index in [4.69, 9.17) is 4.74 Å². The van der Waals surface area contributed by atoms with E-state index < -0.39 is 0 Å². The summed E-state index contributed by atoms with van der Waals surface area (Å²) in [5.41, 5.74) is 1.84. The van der Waals surface area contributed by atoms with Gasteiger partial charge in [0.2, 0.25) is 0 Å². The van der Waals surface area contributed by atoms with Crippen molar-refractivity contribution in [3.63, 3.8) is 0 Å². The molecule has 0 aliphatic carbocycles. The Bertz CT molecular complexity index is 428. The van der Waals surface area contributed by atoms with Gasteiger partial charge in [0, 0.05) is 24.5 Å². The summed E-state index contributed by atoms with van der Waals surface area (Å²) in [7, 11) is 0. The summed E-state index contributed by atoms with van der Waals surface area (Å²) in [5.74, 6) is 0. The van der Waals surface area contributed by atoms with Gasteiger partial charge < -0.3 is 10.1 Å². The van der Waals surface area contributed by atoms with Crippen LogP contribution in [0.2, 0.25) is 0 Å². The van der Waals surface area contributed by atoms with E-state index in [1.807, 2.05) is 0 Å². The molecular formula is C18H28N2O. The van der Waals surface area contributed by atoms with E-state index in [1.165, 1.54) is 31.4 Å². The van der Waals surface area contributed by atoms with Crippen LogP contribution in [0.4, 0.5) is 0 Å². The van der Waals surface area contributed by atoms with Crippen LogP contribution in [0.25, 0.3) is 0 Å². The minimum atomic E-state index is 0.317. The third-order valence-electron chi connectivity index (χ3n) is 5.27. The maximum atomic E-state index is 5.68. The van der Waals surface area contributed by atoms with E-state index in [0.717, 1.165) is 32.8 Å². The van der Waals surface area contributed by atoms with Gasteiger partial charge in [-0.1, -0.05) is 37.3 Å². The minimum absolute atomic E-state index is 0.317. The molecule has 2 saturated heterocycles. The lowest BCUT2D eigenvalue weighted by atomic mass is 9.72. The highest BCUT2D eigenvalue weighted by Crippen LogP contribution is 2.35. The maximum Gasteiger partial charge on any atom is 0.0622 e. The Hall–Kier alpha value is -0.900. The first kappa shape index (κ1) is 15.0. The van der Waals surface area contributed by atoms with Gasteiger partial charge in [0.05, 0.1) is 13.2 Å². The van der Waals surface area contributed by atoms with Crippen molar-refractivity contribution in [2.45, 2.75) is 37.6 Å². The summed E-state index contributed by atoms with van der Waals surface area (Å²) >= 11 is 0. The topological polar surface area (TPSA) is 24.5 Å². The molecule has 2 heterocycles. The lowest BCUT2D eigenvalue weighted by Crippen LogP contribution is -2.53. The van der Waals surface area contributed by atoms with Gasteiger partial charge in [-0.05, 0) is 37.9 Å². The molecule has 1 N–H and O–H groups in total. The van der Waals surface area contributed by atoms with Crippen molar-refractivity contribution >= 4 is 0 Å². The standard InChI is InChI=1S/C18H28N2O/c1-2-17-14-21-13-12-20(17)15-18(8-10-19-11-9-18)16-6-4-3-5-7-16/h3-7,17,19H,2,8-15H2,1H3. The number of benzene rings is 1. The van der Waals surface area contributed by atoms with Crippen LogP contribution in [-0.2, 0) is 10.2 Å². The van der Waals surface area contributed by atoms with Crippen LogP contribution >= 0.6 is 0 Å². The SMILES string of the molecule is CCC1COCCN1CC1(c2ccccc2)CCNCC1. The Labute approximate surface area is 128 Å². The zero-order valence-electron chi connectivity index (χ0n) is 13.2. The molecule has 1 aromatic rings. The van der Waals surface area contributed by atoms with Gasteiger partial charge in [0.15, 0.2) is 0 Å². The van der Waals surface area contributed by atoms with Crippen LogP contribution in [0, 0.1) is 0 Å². The fraction of sp³-hybridized carbons (Fsp3) is 0.667. The first-order valence-electron chi connectivity index (χ1n) is 8.42. The lowest BCUT2D eigenvalue weighted by Gasteiger charge is -2.45. The van der Waals surface area contributed by atoms with Crippen molar-refractivity contribution in [1.29, 1.82) is 0 Å². The van der Waals surface area contributed by atoms with Gasteiger partial charge in [-0.25, -0.2) is 0 Å². The molecule has 2 fully saturated rings. The van der Waals surface area contributed by atoms with Crippen molar-refractivity contribution in [2.75, 3.05) is 39.4 Å². The van der Waals surface area contributed by atoms with Crippen molar-refractivity contribution in [3.05, 3.63) is 35.9 Å². The highest BCUT2D eigenvalue weighted by Gasteiger charge is 2.37. The smallest absolute Gasteiger partial charge is 0.0622 e. The van der Waals surface area contributed by atoms with Crippen LogP contribution in [0.5, 0.6) is 0 Å². The van der Waals surface area contributed by atoms with E-state index in [9.17, 15) is 0 Å². The van der Waals surface area contributed by atoms with E-state index >= 15 is 0 Å². The molecule has 3 nitrogen and oxygen atoms in total. The normalized spacial score (nSPS) is 26.6. The molecule has 0 radical (unpaired) electrons. The van der Waals surface area contributed by atoms with Gasteiger partial charge in [-0.2, -0.15) is 0 Å². The summed E-state index contributed by atoms with van der Waals surface area (Å²) in [4.78, 5) is 2.68. The van der Waals surface area contributed by atoms with Crippen LogP contribution in [-0.4, -0.2) is 50.3 Å². The molecule has 116 valence electrons. The first-order valence-corrected chi connectivity index (χ1v) is 8.42. The molecule has 21 heavy (non-hydrogen) atoms. The number of piperidine rings is 1. The predicted molar refractivity (Wildman–Crippen MR) is 86.7 cm³/mol. The molecule has 0 saturated carbocycles. The zero-order chi connectivity index (χ0) is 14.5. The molecule has 0 spiro atoms. The zero-order valence-corrected chi connectivity index (χ0v) is 13.2. The summed E-state index contributed by atoms with van der Waals surface area (Å²) in [6.07, 6.45) is 3.67. The fourth-order valence-corrected chi connectivity index (χ4v) is 3.90. The molecule has 2 aliphatic heterocycles. The summed E-state index contributed by atoms with van der Waals surface area (Å²) < 4.78 is 5.68. The second-order valence-corrected chi connectivity index (χ2v) is 6.50. The average molecular weight is 288 g/mol. The van der Waals surface area contributed by atoms with Crippen LogP contribution in [0.15, 0.2) is 30.3 Å². The van der Waals surface area contributed by atoms with Gasteiger partial charge in [-0.15, -0.1) is 0 Å². The number of rotatable bonds is 4. The molecule has 1 atom stereocenters. The number of hydrogen-bond acceptors (Lipinski definition) is 3. The molecule has 1 aromatic carbocycles. The van der Waals surface area contributed by atoms with Gasteiger partial charge in [0.25, 0.3) is 0 Å². The van der Waals surface area contributed by atoms with E-state index in [1.54, 1.807) is 0 Å². The van der Waals surface area contributed by atoms with Gasteiger partial charge in [-0.3, -0.25) is 4.90 Å². The lowest BCUT2D eigenvalue weighted by molar-refractivity contribution is -0.0216.